The maximum atomic E-state index is 5.63. The predicted octanol–water partition coefficient (Wildman–Crippen LogP) is 1.72. The Hall–Kier alpha value is -1.36. The van der Waals surface area contributed by atoms with Crippen molar-refractivity contribution in [2.45, 2.75) is 26.7 Å². The van der Waals surface area contributed by atoms with Gasteiger partial charge in [-0.2, -0.15) is 0 Å². The number of nitrogens with two attached hydrogens (primary N) is 1. The number of aromatic nitrogens is 2. The van der Waals surface area contributed by atoms with E-state index in [1.165, 1.54) is 6.42 Å². The van der Waals surface area contributed by atoms with Crippen LogP contribution in [-0.4, -0.2) is 36.1 Å². The average molecular weight is 263 g/mol. The fourth-order valence-corrected chi connectivity index (χ4v) is 2.44. The molecule has 1 unspecified atom stereocenters. The monoisotopic (exact) mass is 263 g/mol. The van der Waals surface area contributed by atoms with Crippen LogP contribution in [0.1, 0.15) is 26.7 Å². The van der Waals surface area contributed by atoms with Crippen molar-refractivity contribution >= 4 is 11.6 Å². The highest BCUT2D eigenvalue weighted by Gasteiger charge is 2.22. The third-order valence-corrected chi connectivity index (χ3v) is 3.53. The van der Waals surface area contributed by atoms with Crippen molar-refractivity contribution in [2.24, 2.45) is 17.6 Å². The fourth-order valence-electron chi connectivity index (χ4n) is 2.44. The van der Waals surface area contributed by atoms with E-state index in [-0.39, 0.29) is 0 Å². The van der Waals surface area contributed by atoms with Crippen LogP contribution in [0.4, 0.5) is 11.6 Å². The first-order chi connectivity index (χ1) is 9.19. The first-order valence-corrected chi connectivity index (χ1v) is 7.20. The second-order valence-electron chi connectivity index (χ2n) is 5.71. The van der Waals surface area contributed by atoms with Gasteiger partial charge in [0.2, 0.25) is 0 Å². The van der Waals surface area contributed by atoms with E-state index in [1.807, 2.05) is 6.07 Å². The Labute approximate surface area is 115 Å². The first kappa shape index (κ1) is 14.1. The standard InChI is InChI=1S/C14H25N5/c1-11(2)8-16-13-7-14(18-10-17-13)19-6-4-12(9-19)3-5-15/h7,10-12H,3-6,8-9,15H2,1-2H3,(H,16,17,18). The lowest BCUT2D eigenvalue weighted by Crippen LogP contribution is -2.22. The minimum Gasteiger partial charge on any atom is -0.370 e. The van der Waals surface area contributed by atoms with E-state index in [1.54, 1.807) is 6.33 Å². The van der Waals surface area contributed by atoms with E-state index in [4.69, 9.17) is 5.73 Å². The number of anilines is 2. The summed E-state index contributed by atoms with van der Waals surface area (Å²) in [5, 5.41) is 3.35. The van der Waals surface area contributed by atoms with E-state index >= 15 is 0 Å². The molecule has 1 saturated heterocycles. The topological polar surface area (TPSA) is 67.1 Å². The third-order valence-electron chi connectivity index (χ3n) is 3.53. The Morgan fingerprint density at radius 2 is 2.32 bits per heavy atom. The molecule has 1 atom stereocenters. The summed E-state index contributed by atoms with van der Waals surface area (Å²) in [4.78, 5) is 11.0. The number of nitrogens with zero attached hydrogens (tertiary/aromatic N) is 3. The Kier molecular flexibility index (Phi) is 4.96. The van der Waals surface area contributed by atoms with Gasteiger partial charge in [-0.1, -0.05) is 13.8 Å². The van der Waals surface area contributed by atoms with Gasteiger partial charge in [0.15, 0.2) is 0 Å². The molecule has 1 aliphatic heterocycles. The zero-order valence-corrected chi connectivity index (χ0v) is 12.0. The van der Waals surface area contributed by atoms with Crippen LogP contribution < -0.4 is 16.0 Å². The van der Waals surface area contributed by atoms with Crippen LogP contribution in [0.2, 0.25) is 0 Å². The largest absolute Gasteiger partial charge is 0.370 e. The Morgan fingerprint density at radius 3 is 3.05 bits per heavy atom. The molecule has 0 aliphatic carbocycles. The van der Waals surface area contributed by atoms with Gasteiger partial charge in [-0.15, -0.1) is 0 Å². The molecule has 0 saturated carbocycles. The maximum Gasteiger partial charge on any atom is 0.134 e. The van der Waals surface area contributed by atoms with Gasteiger partial charge in [0, 0.05) is 25.7 Å². The second kappa shape index (κ2) is 6.70. The number of rotatable bonds is 6. The van der Waals surface area contributed by atoms with Gasteiger partial charge < -0.3 is 16.0 Å². The van der Waals surface area contributed by atoms with Gasteiger partial charge in [-0.25, -0.2) is 9.97 Å². The molecule has 5 heteroatoms. The minimum absolute atomic E-state index is 0.610. The van der Waals surface area contributed by atoms with E-state index in [0.29, 0.717) is 11.8 Å². The van der Waals surface area contributed by atoms with E-state index in [2.05, 4.69) is 34.0 Å². The summed E-state index contributed by atoms with van der Waals surface area (Å²) in [6.07, 6.45) is 3.98. The first-order valence-electron chi connectivity index (χ1n) is 7.20. The van der Waals surface area contributed by atoms with Crippen molar-refractivity contribution in [1.29, 1.82) is 0 Å². The summed E-state index contributed by atoms with van der Waals surface area (Å²) in [5.74, 6) is 3.27. The van der Waals surface area contributed by atoms with Crippen molar-refractivity contribution < 1.29 is 0 Å². The van der Waals surface area contributed by atoms with Gasteiger partial charge in [0.1, 0.15) is 18.0 Å². The molecule has 1 aromatic rings. The molecule has 0 aromatic carbocycles. The highest BCUT2D eigenvalue weighted by atomic mass is 15.2. The molecule has 2 heterocycles. The lowest BCUT2D eigenvalue weighted by Gasteiger charge is -2.18. The molecular formula is C14H25N5. The summed E-state index contributed by atoms with van der Waals surface area (Å²) < 4.78 is 0. The summed E-state index contributed by atoms with van der Waals surface area (Å²) in [6.45, 7) is 8.23. The van der Waals surface area contributed by atoms with Crippen molar-refractivity contribution in [3.05, 3.63) is 12.4 Å². The SMILES string of the molecule is CC(C)CNc1cc(N2CCC(CCN)C2)ncn1. The van der Waals surface area contributed by atoms with E-state index in [9.17, 15) is 0 Å². The van der Waals surface area contributed by atoms with Gasteiger partial charge in [-0.05, 0) is 31.2 Å². The molecule has 5 nitrogen and oxygen atoms in total. The van der Waals surface area contributed by atoms with Crippen LogP contribution in [-0.2, 0) is 0 Å². The quantitative estimate of drug-likeness (QED) is 0.818. The van der Waals surface area contributed by atoms with Gasteiger partial charge >= 0.3 is 0 Å². The van der Waals surface area contributed by atoms with Gasteiger partial charge in [0.05, 0.1) is 0 Å². The van der Waals surface area contributed by atoms with E-state index < -0.39 is 0 Å². The van der Waals surface area contributed by atoms with E-state index in [0.717, 1.165) is 44.2 Å². The zero-order chi connectivity index (χ0) is 13.7. The smallest absolute Gasteiger partial charge is 0.134 e. The molecule has 106 valence electrons. The number of hydrogen-bond donors (Lipinski definition) is 2. The fraction of sp³-hybridized carbons (Fsp3) is 0.714. The summed E-state index contributed by atoms with van der Waals surface area (Å²) in [6, 6.07) is 2.05. The second-order valence-corrected chi connectivity index (χ2v) is 5.71. The predicted molar refractivity (Wildman–Crippen MR) is 79.4 cm³/mol. The average Bonchev–Trinajstić information content (AvgIpc) is 2.86. The van der Waals surface area contributed by atoms with Crippen LogP contribution in [0.15, 0.2) is 12.4 Å². The molecule has 0 bridgehead atoms. The molecule has 0 spiro atoms. The van der Waals surface area contributed by atoms with Crippen LogP contribution in [0.25, 0.3) is 0 Å². The number of hydrogen-bond acceptors (Lipinski definition) is 5. The third kappa shape index (κ3) is 4.06. The Morgan fingerprint density at radius 1 is 1.47 bits per heavy atom. The van der Waals surface area contributed by atoms with Crippen LogP contribution in [0, 0.1) is 11.8 Å². The molecule has 0 amide bonds. The normalized spacial score (nSPS) is 19.2. The molecule has 1 aromatic heterocycles. The number of nitrogens with one attached hydrogen (secondary N) is 1. The highest BCUT2D eigenvalue weighted by Crippen LogP contribution is 2.24. The molecule has 0 radical (unpaired) electrons. The molecule has 2 rings (SSSR count). The summed E-state index contributed by atoms with van der Waals surface area (Å²) >= 11 is 0. The van der Waals surface area contributed by atoms with Crippen LogP contribution in [0.5, 0.6) is 0 Å². The Bertz CT molecular complexity index is 393. The molecule has 1 fully saturated rings. The molecule has 3 N–H and O–H groups in total. The van der Waals surface area contributed by atoms with Crippen molar-refractivity contribution in [1.82, 2.24) is 9.97 Å². The maximum absolute atomic E-state index is 5.63. The van der Waals surface area contributed by atoms with Gasteiger partial charge in [-0.3, -0.25) is 0 Å². The van der Waals surface area contributed by atoms with Gasteiger partial charge in [0.25, 0.3) is 0 Å². The van der Waals surface area contributed by atoms with Crippen molar-refractivity contribution in [2.75, 3.05) is 36.4 Å². The highest BCUT2D eigenvalue weighted by molar-refractivity contribution is 5.49. The summed E-state index contributed by atoms with van der Waals surface area (Å²) in [7, 11) is 0. The molecular weight excluding hydrogens is 238 g/mol. The lowest BCUT2D eigenvalue weighted by atomic mass is 10.1. The Balaban J connectivity index is 1.95. The lowest BCUT2D eigenvalue weighted by molar-refractivity contribution is 0.546. The minimum atomic E-state index is 0.610. The van der Waals surface area contributed by atoms with Crippen LogP contribution in [0.3, 0.4) is 0 Å². The molecule has 19 heavy (non-hydrogen) atoms. The van der Waals surface area contributed by atoms with Crippen LogP contribution >= 0.6 is 0 Å². The van der Waals surface area contributed by atoms with Crippen molar-refractivity contribution in [3.8, 4) is 0 Å². The summed E-state index contributed by atoms with van der Waals surface area (Å²) in [5.41, 5.74) is 5.63. The van der Waals surface area contributed by atoms with Crippen molar-refractivity contribution in [3.63, 3.8) is 0 Å². The molecule has 1 aliphatic rings. The zero-order valence-electron chi connectivity index (χ0n) is 12.0.